The fourth-order valence-electron chi connectivity index (χ4n) is 0.742. The number of H-pyrrole nitrogens is 1. The van der Waals surface area contributed by atoms with E-state index < -0.39 is 5.97 Å². The van der Waals surface area contributed by atoms with Gasteiger partial charge in [0, 0.05) is 43.8 Å². The topological polar surface area (TPSA) is 55.0 Å². The Balaban J connectivity index is 0.00000144. The molecule has 0 aliphatic carbocycles. The normalized spacial score (nSPS) is 8.62. The van der Waals surface area contributed by atoms with Gasteiger partial charge in [-0.25, -0.2) is 9.78 Å². The molecule has 0 amide bonds. The maximum absolute atomic E-state index is 10.6. The Bertz CT molecular complexity index is 259. The monoisotopic (exact) mass is 173 g/mol. The number of aromatic amines is 1. The van der Waals surface area contributed by atoms with Crippen LogP contribution in [0, 0.1) is 0 Å². The van der Waals surface area contributed by atoms with Gasteiger partial charge in [0.2, 0.25) is 0 Å². The van der Waals surface area contributed by atoms with E-state index in [0.717, 1.165) is 11.9 Å². The Morgan fingerprint density at radius 3 is 3.08 bits per heavy atom. The molecule has 5 heteroatoms. The van der Waals surface area contributed by atoms with Crippen molar-refractivity contribution in [3.05, 3.63) is 30.9 Å². The van der Waals surface area contributed by atoms with Crippen LogP contribution in [0.4, 0.5) is 0 Å². The van der Waals surface area contributed by atoms with Crippen LogP contribution in [0.1, 0.15) is 5.82 Å². The molecule has 0 unspecified atom stereocenters. The second-order valence-electron chi connectivity index (χ2n) is 2.16. The van der Waals surface area contributed by atoms with Crippen LogP contribution < -0.4 is 0 Å². The van der Waals surface area contributed by atoms with Crippen molar-refractivity contribution in [1.82, 2.24) is 9.97 Å². The third kappa shape index (κ3) is 4.56. The van der Waals surface area contributed by atoms with E-state index in [0.29, 0.717) is 13.0 Å². The van der Waals surface area contributed by atoms with Crippen LogP contribution in [0.25, 0.3) is 0 Å². The SMILES string of the molecule is C=CC(=O)OCCc1ncc[nH]1.[Li]. The fraction of sp³-hybridized carbons (Fsp3) is 0.250. The summed E-state index contributed by atoms with van der Waals surface area (Å²) in [6.07, 6.45) is 5.13. The molecule has 0 saturated heterocycles. The number of aromatic nitrogens is 2. The number of carbonyl (C=O) groups is 1. The zero-order valence-corrected chi connectivity index (χ0v) is 7.62. The number of carbonyl (C=O) groups excluding carboxylic acids is 1. The van der Waals surface area contributed by atoms with E-state index in [1.165, 1.54) is 0 Å². The molecule has 0 aliphatic rings. The van der Waals surface area contributed by atoms with Gasteiger partial charge in [0.05, 0.1) is 6.61 Å². The quantitative estimate of drug-likeness (QED) is 0.404. The standard InChI is InChI=1S/C8H10N2O2.Li/c1-2-8(11)12-6-3-7-9-4-5-10-7;/h2,4-5H,1,3,6H2,(H,9,10);. The number of nitrogens with one attached hydrogen (secondary N) is 1. The smallest absolute Gasteiger partial charge is 0.330 e. The van der Waals surface area contributed by atoms with Crippen molar-refractivity contribution in [2.24, 2.45) is 0 Å². The third-order valence-electron chi connectivity index (χ3n) is 1.30. The van der Waals surface area contributed by atoms with Gasteiger partial charge >= 0.3 is 5.97 Å². The van der Waals surface area contributed by atoms with Crippen molar-refractivity contribution < 1.29 is 9.53 Å². The van der Waals surface area contributed by atoms with E-state index in [1.807, 2.05) is 0 Å². The summed E-state index contributed by atoms with van der Waals surface area (Å²) in [6, 6.07) is 0. The van der Waals surface area contributed by atoms with Gasteiger partial charge in [-0.2, -0.15) is 0 Å². The Morgan fingerprint density at radius 1 is 1.77 bits per heavy atom. The number of imidazole rings is 1. The average molecular weight is 173 g/mol. The predicted octanol–water partition coefficient (Wildman–Crippen LogP) is 0.301. The molecule has 0 spiro atoms. The molecule has 0 aliphatic heterocycles. The molecule has 1 N–H and O–H groups in total. The summed E-state index contributed by atoms with van der Waals surface area (Å²) >= 11 is 0. The number of hydrogen-bond donors (Lipinski definition) is 1. The summed E-state index contributed by atoms with van der Waals surface area (Å²) in [6.45, 7) is 3.61. The van der Waals surface area contributed by atoms with Gasteiger partial charge < -0.3 is 9.72 Å². The largest absolute Gasteiger partial charge is 0.462 e. The van der Waals surface area contributed by atoms with Crippen molar-refractivity contribution in [2.45, 2.75) is 6.42 Å². The van der Waals surface area contributed by atoms with Crippen LogP contribution in [0.2, 0.25) is 0 Å². The zero-order valence-electron chi connectivity index (χ0n) is 7.62. The van der Waals surface area contributed by atoms with Gasteiger partial charge in [0.15, 0.2) is 0 Å². The van der Waals surface area contributed by atoms with E-state index in [2.05, 4.69) is 16.5 Å². The van der Waals surface area contributed by atoms with E-state index in [1.54, 1.807) is 12.4 Å². The summed E-state index contributed by atoms with van der Waals surface area (Å²) in [5.41, 5.74) is 0. The maximum Gasteiger partial charge on any atom is 0.330 e. The Morgan fingerprint density at radius 2 is 2.54 bits per heavy atom. The second kappa shape index (κ2) is 6.52. The maximum atomic E-state index is 10.6. The van der Waals surface area contributed by atoms with Crippen LogP contribution >= 0.6 is 0 Å². The van der Waals surface area contributed by atoms with Gasteiger partial charge in [-0.3, -0.25) is 0 Å². The Kier molecular flexibility index (Phi) is 6.03. The van der Waals surface area contributed by atoms with E-state index in [4.69, 9.17) is 4.74 Å². The van der Waals surface area contributed by atoms with Crippen LogP contribution in [-0.2, 0) is 16.0 Å². The third-order valence-corrected chi connectivity index (χ3v) is 1.30. The summed E-state index contributed by atoms with van der Waals surface area (Å²) in [5.74, 6) is 0.411. The van der Waals surface area contributed by atoms with Gasteiger partial charge in [0.1, 0.15) is 5.82 Å². The molecule has 13 heavy (non-hydrogen) atoms. The first-order valence-electron chi connectivity index (χ1n) is 3.60. The molecule has 4 nitrogen and oxygen atoms in total. The molecule has 1 radical (unpaired) electrons. The van der Waals surface area contributed by atoms with Crippen LogP contribution in [0.3, 0.4) is 0 Å². The van der Waals surface area contributed by atoms with Crippen molar-refractivity contribution in [3.8, 4) is 0 Å². The minimum Gasteiger partial charge on any atom is -0.462 e. The first kappa shape index (κ1) is 12.0. The molecule has 0 atom stereocenters. The van der Waals surface area contributed by atoms with Crippen molar-refractivity contribution in [2.75, 3.05) is 6.61 Å². The molecular formula is C8H10LiN2O2. The van der Waals surface area contributed by atoms with Crippen molar-refractivity contribution in [1.29, 1.82) is 0 Å². The summed E-state index contributed by atoms with van der Waals surface area (Å²) in [5, 5.41) is 0. The number of rotatable bonds is 4. The Hall–Kier alpha value is -0.983. The van der Waals surface area contributed by atoms with Crippen LogP contribution in [-0.4, -0.2) is 41.4 Å². The number of ether oxygens (including phenoxy) is 1. The van der Waals surface area contributed by atoms with Crippen LogP contribution in [0.5, 0.6) is 0 Å². The summed E-state index contributed by atoms with van der Waals surface area (Å²) in [4.78, 5) is 17.4. The van der Waals surface area contributed by atoms with Crippen LogP contribution in [0.15, 0.2) is 25.0 Å². The molecular weight excluding hydrogens is 163 g/mol. The molecule has 0 aromatic carbocycles. The zero-order chi connectivity index (χ0) is 8.81. The van der Waals surface area contributed by atoms with Crippen molar-refractivity contribution in [3.63, 3.8) is 0 Å². The number of hydrogen-bond acceptors (Lipinski definition) is 3. The number of esters is 1. The average Bonchev–Trinajstić information content (AvgIpc) is 2.57. The molecule has 0 fully saturated rings. The summed E-state index contributed by atoms with van der Waals surface area (Å²) < 4.78 is 4.75. The van der Waals surface area contributed by atoms with Gasteiger partial charge in [0.25, 0.3) is 0 Å². The molecule has 0 saturated carbocycles. The predicted molar refractivity (Wildman–Crippen MR) is 49.2 cm³/mol. The van der Waals surface area contributed by atoms with E-state index >= 15 is 0 Å². The first-order chi connectivity index (χ1) is 5.83. The van der Waals surface area contributed by atoms with Gasteiger partial charge in [-0.15, -0.1) is 0 Å². The van der Waals surface area contributed by atoms with E-state index in [-0.39, 0.29) is 18.9 Å². The minimum absolute atomic E-state index is 0. The second-order valence-corrected chi connectivity index (χ2v) is 2.16. The molecule has 0 bridgehead atoms. The van der Waals surface area contributed by atoms with Gasteiger partial charge in [-0.05, 0) is 0 Å². The molecule has 1 heterocycles. The minimum atomic E-state index is -0.401. The first-order valence-corrected chi connectivity index (χ1v) is 3.60. The molecule has 1 aromatic rings. The molecule has 1 rings (SSSR count). The molecule has 1 aromatic heterocycles. The van der Waals surface area contributed by atoms with Gasteiger partial charge in [-0.1, -0.05) is 6.58 Å². The van der Waals surface area contributed by atoms with E-state index in [9.17, 15) is 4.79 Å². The van der Waals surface area contributed by atoms with Crippen molar-refractivity contribution >= 4 is 24.8 Å². The number of nitrogens with zero attached hydrogens (tertiary/aromatic N) is 1. The summed E-state index contributed by atoms with van der Waals surface area (Å²) in [7, 11) is 0. The fourth-order valence-corrected chi connectivity index (χ4v) is 0.742. The molecule has 65 valence electrons. The Labute approximate surface area is 88.6 Å².